The molecule has 1 unspecified atom stereocenters. The predicted octanol–water partition coefficient (Wildman–Crippen LogP) is 3.82. The monoisotopic (exact) mass is 276 g/mol. The molecular weight excluding hydrogens is 264 g/mol. The summed E-state index contributed by atoms with van der Waals surface area (Å²) in [6.45, 7) is 0. The van der Waals surface area contributed by atoms with Crippen LogP contribution in [0.5, 0.6) is 0 Å². The molecule has 0 radical (unpaired) electrons. The minimum Gasteiger partial charge on any atom is -0.300 e. The van der Waals surface area contributed by atoms with Gasteiger partial charge in [-0.05, 0) is 30.0 Å². The molecule has 1 aromatic carbocycles. The normalized spacial score (nSPS) is 28.1. The van der Waals surface area contributed by atoms with Gasteiger partial charge in [0.25, 0.3) is 0 Å². The van der Waals surface area contributed by atoms with Crippen molar-refractivity contribution in [2.75, 3.05) is 0 Å². The Labute approximate surface area is 104 Å². The number of Topliss-reactive ketones (excluding diaryl/α,β-unsaturated/α-hetero) is 1. The van der Waals surface area contributed by atoms with Crippen molar-refractivity contribution in [1.29, 1.82) is 0 Å². The molecule has 0 saturated heterocycles. The van der Waals surface area contributed by atoms with Crippen molar-refractivity contribution < 1.29 is 4.79 Å². The number of carbonyl (C=O) groups excluding carboxylic acids is 1. The van der Waals surface area contributed by atoms with Crippen molar-refractivity contribution >= 4 is 27.8 Å². The van der Waals surface area contributed by atoms with Gasteiger partial charge in [0.05, 0.1) is 0 Å². The van der Waals surface area contributed by atoms with E-state index in [1.165, 1.54) is 15.6 Å². The first kappa shape index (κ1) is 10.3. The Hall–Kier alpha value is -0.890. The Morgan fingerprint density at radius 1 is 1.25 bits per heavy atom. The van der Waals surface area contributed by atoms with Crippen LogP contribution < -0.4 is 0 Å². The van der Waals surface area contributed by atoms with Gasteiger partial charge in [-0.2, -0.15) is 0 Å². The van der Waals surface area contributed by atoms with E-state index in [0.717, 1.165) is 19.3 Å². The lowest BCUT2D eigenvalue weighted by Gasteiger charge is -2.34. The molecule has 82 valence electrons. The van der Waals surface area contributed by atoms with Gasteiger partial charge >= 0.3 is 0 Å². The van der Waals surface area contributed by atoms with Crippen molar-refractivity contribution in [3.63, 3.8) is 0 Å². The van der Waals surface area contributed by atoms with Gasteiger partial charge in [-0.25, -0.2) is 0 Å². The van der Waals surface area contributed by atoms with Crippen LogP contribution in [-0.2, 0) is 10.2 Å². The standard InChI is InChI=1S/C14H13BrO/c15-13-8-10-4-1-2-6-12(10)14(13)7-3-5-11(16)9-14/h1-2,4,6,8H,3,5,7,9H2. The molecule has 2 aliphatic carbocycles. The van der Waals surface area contributed by atoms with E-state index in [0.29, 0.717) is 12.2 Å². The Morgan fingerprint density at radius 2 is 2.06 bits per heavy atom. The largest absolute Gasteiger partial charge is 0.300 e. The summed E-state index contributed by atoms with van der Waals surface area (Å²) in [6, 6.07) is 8.42. The van der Waals surface area contributed by atoms with Gasteiger partial charge in [-0.1, -0.05) is 40.2 Å². The third-order valence-corrected chi connectivity index (χ3v) is 4.76. The highest BCUT2D eigenvalue weighted by molar-refractivity contribution is 9.11. The Balaban J connectivity index is 2.14. The molecule has 1 atom stereocenters. The van der Waals surface area contributed by atoms with E-state index >= 15 is 0 Å². The molecule has 1 aromatic rings. The lowest BCUT2D eigenvalue weighted by Crippen LogP contribution is -2.32. The lowest BCUT2D eigenvalue weighted by atomic mass is 9.70. The zero-order valence-electron chi connectivity index (χ0n) is 9.00. The summed E-state index contributed by atoms with van der Waals surface area (Å²) >= 11 is 3.67. The SMILES string of the molecule is O=C1CCCC2(C1)C(Br)=Cc1ccccc12. The summed E-state index contributed by atoms with van der Waals surface area (Å²) in [5.41, 5.74) is 2.56. The van der Waals surface area contributed by atoms with Gasteiger partial charge in [-0.3, -0.25) is 4.79 Å². The van der Waals surface area contributed by atoms with Gasteiger partial charge in [0.2, 0.25) is 0 Å². The fourth-order valence-electron chi connectivity index (χ4n) is 3.00. The zero-order valence-corrected chi connectivity index (χ0v) is 10.6. The molecule has 0 aliphatic heterocycles. The summed E-state index contributed by atoms with van der Waals surface area (Å²) in [5.74, 6) is 0.397. The quantitative estimate of drug-likeness (QED) is 0.704. The van der Waals surface area contributed by atoms with Crippen LogP contribution >= 0.6 is 15.9 Å². The molecule has 1 nitrogen and oxygen atoms in total. The van der Waals surface area contributed by atoms with E-state index in [1.54, 1.807) is 0 Å². The Morgan fingerprint density at radius 3 is 2.88 bits per heavy atom. The van der Waals surface area contributed by atoms with Crippen molar-refractivity contribution in [2.45, 2.75) is 31.1 Å². The lowest BCUT2D eigenvalue weighted by molar-refractivity contribution is -0.121. The average Bonchev–Trinajstić information content (AvgIpc) is 2.53. The third kappa shape index (κ3) is 1.32. The molecule has 0 heterocycles. The minimum atomic E-state index is -0.0358. The van der Waals surface area contributed by atoms with Gasteiger partial charge < -0.3 is 0 Å². The van der Waals surface area contributed by atoms with Crippen LogP contribution in [0, 0.1) is 0 Å². The molecular formula is C14H13BrO. The van der Waals surface area contributed by atoms with Gasteiger partial charge in [0, 0.05) is 22.7 Å². The molecule has 2 heteroatoms. The first-order chi connectivity index (χ1) is 7.72. The number of fused-ring (bicyclic) bond motifs is 2. The predicted molar refractivity (Wildman–Crippen MR) is 68.5 cm³/mol. The molecule has 0 bridgehead atoms. The van der Waals surface area contributed by atoms with Crippen LogP contribution in [0.1, 0.15) is 36.8 Å². The summed E-state index contributed by atoms with van der Waals surface area (Å²) < 4.78 is 1.19. The molecule has 16 heavy (non-hydrogen) atoms. The molecule has 0 aromatic heterocycles. The fraction of sp³-hybridized carbons (Fsp3) is 0.357. The maximum absolute atomic E-state index is 11.7. The average molecular weight is 277 g/mol. The van der Waals surface area contributed by atoms with Crippen LogP contribution in [0.25, 0.3) is 6.08 Å². The summed E-state index contributed by atoms with van der Waals surface area (Å²) in [7, 11) is 0. The van der Waals surface area contributed by atoms with Crippen molar-refractivity contribution in [1.82, 2.24) is 0 Å². The van der Waals surface area contributed by atoms with Gasteiger partial charge in [0.1, 0.15) is 5.78 Å². The van der Waals surface area contributed by atoms with Gasteiger partial charge in [-0.15, -0.1) is 0 Å². The molecule has 0 amide bonds. The Bertz CT molecular complexity index is 489. The van der Waals surface area contributed by atoms with Crippen LogP contribution in [-0.4, -0.2) is 5.78 Å². The van der Waals surface area contributed by atoms with Crippen LogP contribution in [0.15, 0.2) is 28.7 Å². The van der Waals surface area contributed by atoms with E-state index in [4.69, 9.17) is 0 Å². The Kier molecular flexibility index (Phi) is 2.28. The van der Waals surface area contributed by atoms with Crippen molar-refractivity contribution in [3.05, 3.63) is 39.9 Å². The van der Waals surface area contributed by atoms with Crippen LogP contribution in [0.4, 0.5) is 0 Å². The fourth-order valence-corrected chi connectivity index (χ4v) is 3.80. The number of ketones is 1. The number of hydrogen-bond acceptors (Lipinski definition) is 1. The van der Waals surface area contributed by atoms with Gasteiger partial charge in [0.15, 0.2) is 0 Å². The molecule has 2 aliphatic rings. The van der Waals surface area contributed by atoms with Crippen LogP contribution in [0.3, 0.4) is 0 Å². The smallest absolute Gasteiger partial charge is 0.134 e. The number of allylic oxidation sites excluding steroid dienone is 1. The maximum Gasteiger partial charge on any atom is 0.134 e. The highest BCUT2D eigenvalue weighted by Gasteiger charge is 2.43. The van der Waals surface area contributed by atoms with E-state index in [9.17, 15) is 4.79 Å². The molecule has 0 N–H and O–H groups in total. The molecule has 1 spiro atoms. The van der Waals surface area contributed by atoms with E-state index in [1.807, 2.05) is 0 Å². The summed E-state index contributed by atoms with van der Waals surface area (Å²) in [6.07, 6.45) is 5.70. The maximum atomic E-state index is 11.7. The number of benzene rings is 1. The first-order valence-corrected chi connectivity index (χ1v) is 6.51. The van der Waals surface area contributed by atoms with Crippen LogP contribution in [0.2, 0.25) is 0 Å². The highest BCUT2D eigenvalue weighted by atomic mass is 79.9. The highest BCUT2D eigenvalue weighted by Crippen LogP contribution is 2.52. The van der Waals surface area contributed by atoms with E-state index in [-0.39, 0.29) is 5.41 Å². The number of rotatable bonds is 0. The second kappa shape index (κ2) is 3.56. The topological polar surface area (TPSA) is 17.1 Å². The van der Waals surface area contributed by atoms with E-state index < -0.39 is 0 Å². The molecule has 1 fully saturated rings. The van der Waals surface area contributed by atoms with Crippen molar-refractivity contribution in [3.8, 4) is 0 Å². The molecule has 3 rings (SSSR count). The van der Waals surface area contributed by atoms with Crippen molar-refractivity contribution in [2.24, 2.45) is 0 Å². The summed E-state index contributed by atoms with van der Waals surface area (Å²) in [5, 5.41) is 0. The zero-order chi connectivity index (χ0) is 11.2. The second-order valence-corrected chi connectivity index (χ2v) is 5.58. The molecule has 1 saturated carbocycles. The third-order valence-electron chi connectivity index (χ3n) is 3.77. The number of halogens is 1. The number of hydrogen-bond donors (Lipinski definition) is 0. The first-order valence-electron chi connectivity index (χ1n) is 5.71. The second-order valence-electron chi connectivity index (χ2n) is 4.73. The minimum absolute atomic E-state index is 0.0358. The number of carbonyl (C=O) groups is 1. The van der Waals surface area contributed by atoms with E-state index in [2.05, 4.69) is 46.3 Å². The summed E-state index contributed by atoms with van der Waals surface area (Å²) in [4.78, 5) is 11.7.